The molecule has 0 heterocycles. The quantitative estimate of drug-likeness (QED) is 0.111. The van der Waals surface area contributed by atoms with Gasteiger partial charge in [0.25, 0.3) is 0 Å². The second kappa shape index (κ2) is 17.4. The number of benzene rings is 3. The first-order valence-electron chi connectivity index (χ1n) is 17.7. The first kappa shape index (κ1) is 40.6. The predicted molar refractivity (Wildman–Crippen MR) is 201 cm³/mol. The maximum absolute atomic E-state index is 14.7. The molecular formula is C40H59NO6SSi. The zero-order chi connectivity index (χ0) is 36.7. The van der Waals surface area contributed by atoms with Gasteiger partial charge in [-0.25, -0.2) is 8.42 Å². The Hall–Kier alpha value is -2.82. The van der Waals surface area contributed by atoms with Crippen LogP contribution in [0.1, 0.15) is 95.7 Å². The molecule has 4 atom stereocenters. The summed E-state index contributed by atoms with van der Waals surface area (Å²) >= 11 is 0. The first-order chi connectivity index (χ1) is 22.9. The summed E-state index contributed by atoms with van der Waals surface area (Å²) in [4.78, 5) is 14.1. The molecule has 0 aliphatic heterocycles. The van der Waals surface area contributed by atoms with Crippen LogP contribution in [0.15, 0.2) is 77.7 Å². The lowest BCUT2D eigenvalue weighted by atomic mass is 10.0. The molecule has 1 N–H and O–H groups in total. The monoisotopic (exact) mass is 709 g/mol. The maximum atomic E-state index is 14.7. The standard InChI is InChI=1S/C40H59NO6SSi/c1-27(2)49(28(3)4,29(5)6)46-23-22-37(42)33(10)40(43)47-38(36-20-16-13-17-21-36)34(11)41(26-35-18-14-12-15-19-35)48(44,45)39-31(8)24-30(7)25-32(39)9/h12-21,24-25,27-29,33-34,37-38,42H,22-23,26H2,1-11H3/t33-,34+,37-,38+/m0/s1. The number of hydrogen-bond donors (Lipinski definition) is 1. The number of aliphatic hydroxyl groups excluding tert-OH is 1. The van der Waals surface area contributed by atoms with Crippen LogP contribution in [0.3, 0.4) is 0 Å². The highest BCUT2D eigenvalue weighted by Gasteiger charge is 2.45. The summed E-state index contributed by atoms with van der Waals surface area (Å²) < 4.78 is 43.7. The lowest BCUT2D eigenvalue weighted by molar-refractivity contribution is -0.160. The van der Waals surface area contributed by atoms with Crippen molar-refractivity contribution < 1.29 is 27.5 Å². The number of esters is 1. The van der Waals surface area contributed by atoms with Crippen LogP contribution in [-0.2, 0) is 30.5 Å². The Labute approximate surface area is 297 Å². The number of rotatable bonds is 17. The number of hydrogen-bond acceptors (Lipinski definition) is 6. The third-order valence-electron chi connectivity index (χ3n) is 10.0. The molecule has 0 aliphatic rings. The summed E-state index contributed by atoms with van der Waals surface area (Å²) in [6.45, 7) is 22.8. The Morgan fingerprint density at radius 1 is 0.796 bits per heavy atom. The van der Waals surface area contributed by atoms with Crippen LogP contribution >= 0.6 is 0 Å². The van der Waals surface area contributed by atoms with E-state index in [0.29, 0.717) is 46.3 Å². The molecule has 0 bridgehead atoms. The predicted octanol–water partition coefficient (Wildman–Crippen LogP) is 9.05. The Balaban J connectivity index is 1.95. The van der Waals surface area contributed by atoms with Crippen molar-refractivity contribution in [1.29, 1.82) is 0 Å². The Morgan fingerprint density at radius 3 is 1.78 bits per heavy atom. The van der Waals surface area contributed by atoms with Crippen molar-refractivity contribution in [3.05, 3.63) is 101 Å². The molecule has 0 fully saturated rings. The van der Waals surface area contributed by atoms with Crippen molar-refractivity contribution >= 4 is 24.3 Å². The number of carbonyl (C=O) groups excluding carboxylic acids is 1. The SMILES string of the molecule is Cc1cc(C)c(S(=O)(=O)N(Cc2ccccc2)[C@H](C)[C@@H](OC(=O)[C@@H](C)[C@@H](O)CCO[Si](C(C)C)(C(C)C)C(C)C)c2ccccc2)c(C)c1. The largest absolute Gasteiger partial charge is 0.455 e. The zero-order valence-electron chi connectivity index (χ0n) is 31.4. The molecule has 0 spiro atoms. The van der Waals surface area contributed by atoms with Crippen molar-refractivity contribution in [1.82, 2.24) is 4.31 Å². The number of aliphatic hydroxyl groups is 1. The van der Waals surface area contributed by atoms with Crippen LogP contribution in [0.2, 0.25) is 16.6 Å². The van der Waals surface area contributed by atoms with Crippen molar-refractivity contribution in [2.75, 3.05) is 6.61 Å². The molecule has 0 saturated heterocycles. The minimum Gasteiger partial charge on any atom is -0.455 e. The molecule has 0 aromatic heterocycles. The summed E-state index contributed by atoms with van der Waals surface area (Å²) in [6, 6.07) is 21.6. The Morgan fingerprint density at radius 2 is 1.29 bits per heavy atom. The molecule has 3 rings (SSSR count). The maximum Gasteiger partial charge on any atom is 0.311 e. The number of nitrogens with zero attached hydrogens (tertiary/aromatic N) is 1. The van der Waals surface area contributed by atoms with E-state index in [4.69, 9.17) is 9.16 Å². The molecule has 49 heavy (non-hydrogen) atoms. The summed E-state index contributed by atoms with van der Waals surface area (Å²) in [5.74, 6) is -1.44. The molecule has 0 amide bonds. The zero-order valence-corrected chi connectivity index (χ0v) is 33.3. The number of carbonyl (C=O) groups is 1. The van der Waals surface area contributed by atoms with Gasteiger partial charge in [-0.1, -0.05) is 120 Å². The average molecular weight is 710 g/mol. The number of aryl methyl sites for hydroxylation is 3. The fourth-order valence-electron chi connectivity index (χ4n) is 7.64. The van der Waals surface area contributed by atoms with Gasteiger partial charge in [0.05, 0.1) is 23.0 Å². The minimum atomic E-state index is -4.07. The summed E-state index contributed by atoms with van der Waals surface area (Å²) in [5.41, 5.74) is 5.00. The van der Waals surface area contributed by atoms with Crippen LogP contribution in [0.4, 0.5) is 0 Å². The molecule has 270 valence electrons. The van der Waals surface area contributed by atoms with Gasteiger partial charge >= 0.3 is 5.97 Å². The smallest absolute Gasteiger partial charge is 0.311 e. The summed E-state index contributed by atoms with van der Waals surface area (Å²) in [7, 11) is -6.20. The lowest BCUT2D eigenvalue weighted by Crippen LogP contribution is -2.48. The number of sulfonamides is 1. The molecule has 0 unspecified atom stereocenters. The Bertz CT molecular complexity index is 1570. The van der Waals surface area contributed by atoms with Crippen LogP contribution < -0.4 is 0 Å². The Kier molecular flexibility index (Phi) is 14.4. The van der Waals surface area contributed by atoms with E-state index < -0.39 is 48.5 Å². The van der Waals surface area contributed by atoms with Gasteiger partial charge in [-0.3, -0.25) is 4.79 Å². The van der Waals surface area contributed by atoms with E-state index in [0.717, 1.165) is 11.1 Å². The summed E-state index contributed by atoms with van der Waals surface area (Å²) in [5, 5.41) is 11.2. The van der Waals surface area contributed by atoms with Gasteiger partial charge in [0.15, 0.2) is 8.32 Å². The molecule has 9 heteroatoms. The summed E-state index contributed by atoms with van der Waals surface area (Å²) in [6.07, 6.45) is -1.63. The van der Waals surface area contributed by atoms with Gasteiger partial charge < -0.3 is 14.3 Å². The number of ether oxygens (including phenoxy) is 1. The highest BCUT2D eigenvalue weighted by molar-refractivity contribution is 7.89. The average Bonchev–Trinajstić information content (AvgIpc) is 3.03. The van der Waals surface area contributed by atoms with Gasteiger partial charge in [0, 0.05) is 13.2 Å². The second-order valence-corrected chi connectivity index (χ2v) is 21.9. The molecule has 3 aromatic rings. The van der Waals surface area contributed by atoms with E-state index >= 15 is 0 Å². The van der Waals surface area contributed by atoms with Gasteiger partial charge in [-0.15, -0.1) is 0 Å². The van der Waals surface area contributed by atoms with E-state index in [1.165, 1.54) is 4.31 Å². The molecule has 0 saturated carbocycles. The first-order valence-corrected chi connectivity index (χ1v) is 21.2. The van der Waals surface area contributed by atoms with E-state index in [9.17, 15) is 18.3 Å². The highest BCUT2D eigenvalue weighted by atomic mass is 32.2. The highest BCUT2D eigenvalue weighted by Crippen LogP contribution is 2.42. The van der Waals surface area contributed by atoms with Crippen molar-refractivity contribution in [3.8, 4) is 0 Å². The third-order valence-corrected chi connectivity index (χ3v) is 18.4. The van der Waals surface area contributed by atoms with E-state index in [-0.39, 0.29) is 11.4 Å². The van der Waals surface area contributed by atoms with Gasteiger partial charge in [0.2, 0.25) is 10.0 Å². The molecule has 7 nitrogen and oxygen atoms in total. The second-order valence-electron chi connectivity index (χ2n) is 14.6. The van der Waals surface area contributed by atoms with E-state index in [2.05, 4.69) is 41.5 Å². The van der Waals surface area contributed by atoms with Crippen LogP contribution in [0, 0.1) is 26.7 Å². The van der Waals surface area contributed by atoms with Gasteiger partial charge in [0.1, 0.15) is 6.10 Å². The van der Waals surface area contributed by atoms with Crippen molar-refractivity contribution in [3.63, 3.8) is 0 Å². The third kappa shape index (κ3) is 9.50. The van der Waals surface area contributed by atoms with Crippen LogP contribution in [0.25, 0.3) is 0 Å². The van der Waals surface area contributed by atoms with Gasteiger partial charge in [-0.05, 0) is 79.9 Å². The lowest BCUT2D eigenvalue weighted by Gasteiger charge is -2.42. The molecule has 0 aliphatic carbocycles. The van der Waals surface area contributed by atoms with Gasteiger partial charge in [-0.2, -0.15) is 4.31 Å². The minimum absolute atomic E-state index is 0.0840. The fourth-order valence-corrected chi connectivity index (χ4v) is 15.1. The van der Waals surface area contributed by atoms with E-state index in [1.807, 2.05) is 93.6 Å². The van der Waals surface area contributed by atoms with Crippen LogP contribution in [-0.4, -0.2) is 50.9 Å². The molecule has 3 aromatic carbocycles. The van der Waals surface area contributed by atoms with E-state index in [1.54, 1.807) is 13.8 Å². The topological polar surface area (TPSA) is 93.1 Å². The van der Waals surface area contributed by atoms with Crippen LogP contribution in [0.5, 0.6) is 0 Å². The molecular weight excluding hydrogens is 651 g/mol. The molecule has 0 radical (unpaired) electrons. The fraction of sp³-hybridized carbons (Fsp3) is 0.525. The van der Waals surface area contributed by atoms with Crippen molar-refractivity contribution in [2.24, 2.45) is 5.92 Å². The van der Waals surface area contributed by atoms with Crippen molar-refractivity contribution in [2.45, 2.75) is 129 Å². The normalized spacial score (nSPS) is 15.1.